The number of hydrogen-bond donors (Lipinski definition) is 1. The first-order valence-electron chi connectivity index (χ1n) is 5.86. The van der Waals surface area contributed by atoms with Gasteiger partial charge in [-0.25, -0.2) is 0 Å². The monoisotopic (exact) mass is 208 g/mol. The molecule has 0 aromatic rings. The highest BCUT2D eigenvalue weighted by atomic mass is 14.8. The highest BCUT2D eigenvalue weighted by molar-refractivity contribution is 5.95. The van der Waals surface area contributed by atoms with E-state index in [1.807, 2.05) is 13.0 Å². The number of nitrogens with zero attached hydrogens (tertiary/aromatic N) is 1. The minimum atomic E-state index is 1.05. The first-order valence-corrected chi connectivity index (χ1v) is 5.86. The minimum absolute atomic E-state index is 1.05. The van der Waals surface area contributed by atoms with Gasteiger partial charge in [-0.3, -0.25) is 4.99 Å². The fourth-order valence-electron chi connectivity index (χ4n) is 1.36. The van der Waals surface area contributed by atoms with Crippen LogP contribution in [-0.4, -0.2) is 18.8 Å². The van der Waals surface area contributed by atoms with E-state index in [1.54, 1.807) is 6.20 Å². The maximum absolute atomic E-state index is 4.22. The summed E-state index contributed by atoms with van der Waals surface area (Å²) in [4.78, 5) is 4.22. The molecule has 0 aliphatic heterocycles. The number of nitrogens with one attached hydrogen (secondary N) is 1. The van der Waals surface area contributed by atoms with Gasteiger partial charge in [0.2, 0.25) is 0 Å². The topological polar surface area (TPSA) is 24.4 Å². The van der Waals surface area contributed by atoms with E-state index in [1.165, 1.54) is 19.3 Å². The molecule has 0 saturated carbocycles. The SMILES string of the molecule is C=CN=C(/C=C\C)CCCCNCCC. The van der Waals surface area contributed by atoms with E-state index < -0.39 is 0 Å². The summed E-state index contributed by atoms with van der Waals surface area (Å²) in [5.41, 5.74) is 1.13. The van der Waals surface area contributed by atoms with Crippen LogP contribution in [0.4, 0.5) is 0 Å². The molecule has 0 bridgehead atoms. The third-order valence-corrected chi connectivity index (χ3v) is 2.08. The molecule has 0 heterocycles. The molecule has 0 rings (SSSR count). The van der Waals surface area contributed by atoms with Crippen molar-refractivity contribution < 1.29 is 0 Å². The number of allylic oxidation sites excluding steroid dienone is 2. The summed E-state index contributed by atoms with van der Waals surface area (Å²) < 4.78 is 0. The van der Waals surface area contributed by atoms with E-state index in [4.69, 9.17) is 0 Å². The Balaban J connectivity index is 3.54. The van der Waals surface area contributed by atoms with Crippen molar-refractivity contribution >= 4 is 5.71 Å². The maximum Gasteiger partial charge on any atom is 0.0400 e. The van der Waals surface area contributed by atoms with Gasteiger partial charge in [0.15, 0.2) is 0 Å². The van der Waals surface area contributed by atoms with Crippen molar-refractivity contribution in [1.82, 2.24) is 5.32 Å². The van der Waals surface area contributed by atoms with Crippen molar-refractivity contribution in [1.29, 1.82) is 0 Å². The summed E-state index contributed by atoms with van der Waals surface area (Å²) >= 11 is 0. The molecule has 0 aromatic heterocycles. The summed E-state index contributed by atoms with van der Waals surface area (Å²) in [5.74, 6) is 0. The highest BCUT2D eigenvalue weighted by Crippen LogP contribution is 1.99. The zero-order valence-corrected chi connectivity index (χ0v) is 10.1. The summed E-state index contributed by atoms with van der Waals surface area (Å²) in [6, 6.07) is 0. The summed E-state index contributed by atoms with van der Waals surface area (Å²) in [6.07, 6.45) is 10.4. The van der Waals surface area contributed by atoms with Gasteiger partial charge in [-0.15, -0.1) is 0 Å². The molecule has 1 N–H and O–H groups in total. The van der Waals surface area contributed by atoms with Gasteiger partial charge >= 0.3 is 0 Å². The Morgan fingerprint density at radius 3 is 2.73 bits per heavy atom. The second-order valence-electron chi connectivity index (χ2n) is 3.51. The molecule has 0 fully saturated rings. The van der Waals surface area contributed by atoms with Crippen LogP contribution in [0.5, 0.6) is 0 Å². The molecule has 0 radical (unpaired) electrons. The van der Waals surface area contributed by atoms with Gasteiger partial charge in [-0.05, 0) is 51.8 Å². The lowest BCUT2D eigenvalue weighted by Crippen LogP contribution is -2.15. The smallest absolute Gasteiger partial charge is 0.0400 e. The Morgan fingerprint density at radius 1 is 1.33 bits per heavy atom. The first-order chi connectivity index (χ1) is 7.35. The highest BCUT2D eigenvalue weighted by Gasteiger charge is 1.94. The molecule has 0 amide bonds. The van der Waals surface area contributed by atoms with Crippen molar-refractivity contribution in [2.45, 2.75) is 39.5 Å². The predicted molar refractivity (Wildman–Crippen MR) is 69.5 cm³/mol. The van der Waals surface area contributed by atoms with Gasteiger partial charge in [0.1, 0.15) is 0 Å². The summed E-state index contributed by atoms with van der Waals surface area (Å²) in [7, 11) is 0. The molecule has 0 saturated heterocycles. The second-order valence-corrected chi connectivity index (χ2v) is 3.51. The average molecular weight is 208 g/mol. The van der Waals surface area contributed by atoms with Gasteiger partial charge in [0.05, 0.1) is 0 Å². The zero-order chi connectivity index (χ0) is 11.4. The van der Waals surface area contributed by atoms with Crippen LogP contribution in [0.1, 0.15) is 39.5 Å². The lowest BCUT2D eigenvalue weighted by molar-refractivity contribution is 0.624. The van der Waals surface area contributed by atoms with Gasteiger partial charge in [0, 0.05) is 11.9 Å². The molecule has 86 valence electrons. The van der Waals surface area contributed by atoms with Crippen LogP contribution in [0.15, 0.2) is 29.9 Å². The van der Waals surface area contributed by atoms with Crippen LogP contribution >= 0.6 is 0 Å². The van der Waals surface area contributed by atoms with E-state index in [0.717, 1.165) is 25.2 Å². The third-order valence-electron chi connectivity index (χ3n) is 2.08. The van der Waals surface area contributed by atoms with Gasteiger partial charge in [-0.1, -0.05) is 19.6 Å². The summed E-state index contributed by atoms with van der Waals surface area (Å²) in [5, 5.41) is 3.39. The van der Waals surface area contributed by atoms with Crippen LogP contribution in [-0.2, 0) is 0 Å². The zero-order valence-electron chi connectivity index (χ0n) is 10.1. The Morgan fingerprint density at radius 2 is 2.13 bits per heavy atom. The predicted octanol–water partition coefficient (Wildman–Crippen LogP) is 3.32. The molecule has 0 spiro atoms. The first kappa shape index (κ1) is 14.1. The van der Waals surface area contributed by atoms with Gasteiger partial charge in [-0.2, -0.15) is 0 Å². The largest absolute Gasteiger partial charge is 0.317 e. The normalized spacial score (nSPS) is 12.3. The number of aliphatic imine (C=N–C) groups is 1. The van der Waals surface area contributed by atoms with Crippen molar-refractivity contribution in [2.24, 2.45) is 4.99 Å². The Kier molecular flexibility index (Phi) is 10.5. The van der Waals surface area contributed by atoms with Crippen molar-refractivity contribution in [3.8, 4) is 0 Å². The Hall–Kier alpha value is -0.890. The van der Waals surface area contributed by atoms with E-state index >= 15 is 0 Å². The van der Waals surface area contributed by atoms with Crippen LogP contribution in [0, 0.1) is 0 Å². The lowest BCUT2D eigenvalue weighted by atomic mass is 10.1. The summed E-state index contributed by atoms with van der Waals surface area (Å²) in [6.45, 7) is 10.1. The standard InChI is InChI=1S/C13H24N2/c1-4-9-13(15-6-3)10-7-8-12-14-11-5-2/h4,6,9,14H,3,5,7-8,10-12H2,1-2H3/b9-4-,15-13?. The molecule has 2 heteroatoms. The van der Waals surface area contributed by atoms with Crippen LogP contribution < -0.4 is 5.32 Å². The Bertz CT molecular complexity index is 205. The van der Waals surface area contributed by atoms with Gasteiger partial charge < -0.3 is 5.32 Å². The lowest BCUT2D eigenvalue weighted by Gasteiger charge is -2.03. The van der Waals surface area contributed by atoms with E-state index in [9.17, 15) is 0 Å². The fourth-order valence-corrected chi connectivity index (χ4v) is 1.36. The second kappa shape index (κ2) is 11.2. The fraction of sp³-hybridized carbons (Fsp3) is 0.615. The van der Waals surface area contributed by atoms with Gasteiger partial charge in [0.25, 0.3) is 0 Å². The molecule has 0 unspecified atom stereocenters. The van der Waals surface area contributed by atoms with Crippen molar-refractivity contribution in [3.63, 3.8) is 0 Å². The van der Waals surface area contributed by atoms with Crippen LogP contribution in [0.25, 0.3) is 0 Å². The molecular formula is C13H24N2. The molecule has 2 nitrogen and oxygen atoms in total. The van der Waals surface area contributed by atoms with Crippen molar-refractivity contribution in [3.05, 3.63) is 24.9 Å². The number of unbranched alkanes of at least 4 members (excludes halogenated alkanes) is 1. The van der Waals surface area contributed by atoms with Crippen LogP contribution in [0.3, 0.4) is 0 Å². The number of rotatable bonds is 9. The quantitative estimate of drug-likeness (QED) is 0.456. The maximum atomic E-state index is 4.22. The molecule has 0 aliphatic rings. The molecule has 15 heavy (non-hydrogen) atoms. The van der Waals surface area contributed by atoms with Crippen LogP contribution in [0.2, 0.25) is 0 Å². The Labute approximate surface area is 94.2 Å². The van der Waals surface area contributed by atoms with E-state index in [-0.39, 0.29) is 0 Å². The van der Waals surface area contributed by atoms with E-state index in [2.05, 4.69) is 29.9 Å². The van der Waals surface area contributed by atoms with Crippen molar-refractivity contribution in [2.75, 3.05) is 13.1 Å². The van der Waals surface area contributed by atoms with E-state index in [0.29, 0.717) is 0 Å². The number of hydrogen-bond acceptors (Lipinski definition) is 2. The molecular weight excluding hydrogens is 184 g/mol. The minimum Gasteiger partial charge on any atom is -0.317 e. The molecule has 0 aromatic carbocycles. The average Bonchev–Trinajstić information content (AvgIpc) is 2.24. The molecule has 0 aliphatic carbocycles. The molecule has 0 atom stereocenters. The third kappa shape index (κ3) is 9.42.